The Balaban J connectivity index is 2.03. The van der Waals surface area contributed by atoms with Crippen molar-refractivity contribution >= 4 is 17.7 Å². The molecule has 2 rings (SSSR count). The van der Waals surface area contributed by atoms with E-state index in [1.807, 2.05) is 36.4 Å². The van der Waals surface area contributed by atoms with Gasteiger partial charge in [0.15, 0.2) is 0 Å². The fourth-order valence-electron chi connectivity index (χ4n) is 2.01. The van der Waals surface area contributed by atoms with Gasteiger partial charge in [0, 0.05) is 6.54 Å². The number of allylic oxidation sites excluding steroid dienone is 2. The lowest BCUT2D eigenvalue weighted by Gasteiger charge is -2.03. The number of nitriles is 1. The summed E-state index contributed by atoms with van der Waals surface area (Å²) in [7, 11) is 0. The van der Waals surface area contributed by atoms with Crippen molar-refractivity contribution in [1.82, 2.24) is 5.32 Å². The molecule has 2 aromatic carbocycles. The molecule has 0 aromatic heterocycles. The summed E-state index contributed by atoms with van der Waals surface area (Å²) < 4.78 is 0. The van der Waals surface area contributed by atoms with Crippen LogP contribution in [0.4, 0.5) is 5.69 Å². The molecular weight excluding hydrogens is 318 g/mol. The fraction of sp³-hybridized carbons (Fsp3) is 0.0526. The van der Waals surface area contributed by atoms with Crippen molar-refractivity contribution in [3.63, 3.8) is 0 Å². The van der Waals surface area contributed by atoms with E-state index in [1.165, 1.54) is 24.3 Å². The van der Waals surface area contributed by atoms with E-state index >= 15 is 0 Å². The van der Waals surface area contributed by atoms with Gasteiger partial charge in [-0.05, 0) is 34.5 Å². The highest BCUT2D eigenvalue weighted by Gasteiger charge is 2.07. The van der Waals surface area contributed by atoms with Gasteiger partial charge in [-0.1, -0.05) is 48.6 Å². The zero-order valence-corrected chi connectivity index (χ0v) is 13.2. The van der Waals surface area contributed by atoms with E-state index in [0.717, 1.165) is 5.56 Å². The van der Waals surface area contributed by atoms with Gasteiger partial charge in [0.2, 0.25) is 0 Å². The number of nitrogens with one attached hydrogen (secondary N) is 1. The average molecular weight is 333 g/mol. The van der Waals surface area contributed by atoms with E-state index in [1.54, 1.807) is 12.1 Å². The minimum Gasteiger partial charge on any atom is -0.506 e. The molecule has 0 saturated carbocycles. The van der Waals surface area contributed by atoms with Crippen molar-refractivity contribution in [1.29, 1.82) is 5.26 Å². The summed E-state index contributed by atoms with van der Waals surface area (Å²) in [6, 6.07) is 15.5. The molecule has 0 unspecified atom stereocenters. The summed E-state index contributed by atoms with van der Waals surface area (Å²) >= 11 is 0. The van der Waals surface area contributed by atoms with Gasteiger partial charge in [-0.2, -0.15) is 5.26 Å². The van der Waals surface area contributed by atoms with E-state index in [2.05, 4.69) is 10.5 Å². The minimum absolute atomic E-state index is 0.0419. The second kappa shape index (κ2) is 8.79. The number of hydrogen-bond donors (Lipinski definition) is 2. The van der Waals surface area contributed by atoms with Crippen molar-refractivity contribution in [2.24, 2.45) is 5.18 Å². The first-order chi connectivity index (χ1) is 12.1. The summed E-state index contributed by atoms with van der Waals surface area (Å²) in [5, 5.41) is 23.9. The summed E-state index contributed by atoms with van der Waals surface area (Å²) in [6.07, 6.45) is 4.48. The number of carbonyl (C=O) groups excluding carboxylic acids is 1. The van der Waals surface area contributed by atoms with Gasteiger partial charge in [0.25, 0.3) is 5.91 Å². The molecule has 0 radical (unpaired) electrons. The molecule has 2 aromatic rings. The van der Waals surface area contributed by atoms with Crippen molar-refractivity contribution in [2.75, 3.05) is 0 Å². The predicted molar refractivity (Wildman–Crippen MR) is 94.6 cm³/mol. The number of rotatable bonds is 6. The Hall–Kier alpha value is -3.72. The third-order valence-electron chi connectivity index (χ3n) is 3.31. The Morgan fingerprint density at radius 2 is 2.00 bits per heavy atom. The second-order valence-corrected chi connectivity index (χ2v) is 5.06. The highest BCUT2D eigenvalue weighted by Crippen LogP contribution is 2.27. The number of benzene rings is 2. The Morgan fingerprint density at radius 1 is 1.24 bits per heavy atom. The molecule has 25 heavy (non-hydrogen) atoms. The Labute approximate surface area is 144 Å². The first-order valence-electron chi connectivity index (χ1n) is 7.41. The number of carbonyl (C=O) groups is 1. The lowest BCUT2D eigenvalue weighted by molar-refractivity contribution is -0.117. The highest BCUT2D eigenvalue weighted by atomic mass is 16.3. The number of hydrogen-bond acceptors (Lipinski definition) is 5. The van der Waals surface area contributed by atoms with Gasteiger partial charge >= 0.3 is 0 Å². The van der Waals surface area contributed by atoms with Crippen molar-refractivity contribution < 1.29 is 9.90 Å². The maximum Gasteiger partial charge on any atom is 0.262 e. The number of aromatic hydroxyl groups is 1. The van der Waals surface area contributed by atoms with Crippen LogP contribution in [0.25, 0.3) is 6.08 Å². The third-order valence-corrected chi connectivity index (χ3v) is 3.31. The number of nitroso groups, excluding NO2 is 1. The number of phenols is 1. The lowest BCUT2D eigenvalue weighted by Crippen LogP contribution is -2.23. The summed E-state index contributed by atoms with van der Waals surface area (Å²) in [6.45, 7) is 0.328. The van der Waals surface area contributed by atoms with Gasteiger partial charge in [-0.25, -0.2) is 0 Å². The molecule has 0 aliphatic heterocycles. The van der Waals surface area contributed by atoms with E-state index < -0.39 is 5.91 Å². The third kappa shape index (κ3) is 5.15. The molecule has 6 nitrogen and oxygen atoms in total. The Kier molecular flexibility index (Phi) is 6.20. The van der Waals surface area contributed by atoms with Gasteiger partial charge in [-0.3, -0.25) is 4.79 Å². The standard InChI is InChI=1S/C19H15N3O3/c20-12-16(19(24)21-13-15-5-2-1-3-6-15)8-4-7-14-9-10-18(23)17(11-14)22-25/h1-11,23H,13H2,(H,21,24)/b7-4+,16-8+. The molecule has 1 amide bonds. The number of nitrogens with zero attached hydrogens (tertiary/aromatic N) is 2. The monoisotopic (exact) mass is 333 g/mol. The van der Waals surface area contributed by atoms with E-state index in [9.17, 15) is 14.8 Å². The first-order valence-corrected chi connectivity index (χ1v) is 7.41. The average Bonchev–Trinajstić information content (AvgIpc) is 2.65. The van der Waals surface area contributed by atoms with Crippen LogP contribution in [0.3, 0.4) is 0 Å². The molecule has 0 spiro atoms. The smallest absolute Gasteiger partial charge is 0.262 e. The summed E-state index contributed by atoms with van der Waals surface area (Å²) in [5.41, 5.74) is 1.42. The Morgan fingerprint density at radius 3 is 2.68 bits per heavy atom. The van der Waals surface area contributed by atoms with Crippen LogP contribution in [0.2, 0.25) is 0 Å². The lowest BCUT2D eigenvalue weighted by atomic mass is 10.1. The van der Waals surface area contributed by atoms with Gasteiger partial charge < -0.3 is 10.4 Å². The second-order valence-electron chi connectivity index (χ2n) is 5.06. The van der Waals surface area contributed by atoms with Crippen LogP contribution in [0, 0.1) is 16.2 Å². The summed E-state index contributed by atoms with van der Waals surface area (Å²) in [5.74, 6) is -0.683. The molecule has 0 saturated heterocycles. The van der Waals surface area contributed by atoms with Gasteiger partial charge in [0.05, 0.1) is 0 Å². The Bertz CT molecular complexity index is 865. The molecule has 6 heteroatoms. The normalized spacial score (nSPS) is 11.1. The quantitative estimate of drug-likeness (QED) is 0.365. The van der Waals surface area contributed by atoms with Crippen LogP contribution >= 0.6 is 0 Å². The van der Waals surface area contributed by atoms with Crippen LogP contribution in [0.1, 0.15) is 11.1 Å². The molecule has 0 fully saturated rings. The fourth-order valence-corrected chi connectivity index (χ4v) is 2.01. The van der Waals surface area contributed by atoms with Crippen LogP contribution in [0.5, 0.6) is 5.75 Å². The predicted octanol–water partition coefficient (Wildman–Crippen LogP) is 3.57. The zero-order valence-electron chi connectivity index (χ0n) is 13.2. The van der Waals surface area contributed by atoms with Crippen LogP contribution in [-0.4, -0.2) is 11.0 Å². The highest BCUT2D eigenvalue weighted by molar-refractivity contribution is 5.97. The largest absolute Gasteiger partial charge is 0.506 e. The molecule has 0 aliphatic carbocycles. The van der Waals surface area contributed by atoms with Crippen LogP contribution < -0.4 is 5.32 Å². The maximum atomic E-state index is 12.0. The van der Waals surface area contributed by atoms with Crippen molar-refractivity contribution in [3.05, 3.63) is 82.3 Å². The van der Waals surface area contributed by atoms with Gasteiger partial charge in [-0.15, -0.1) is 4.91 Å². The molecule has 124 valence electrons. The van der Waals surface area contributed by atoms with Crippen LogP contribution in [0.15, 0.2) is 71.4 Å². The SMILES string of the molecule is N#C/C(=C\C=C\c1ccc(O)c(N=O)c1)C(=O)NCc1ccccc1. The number of phenolic OH excluding ortho intramolecular Hbond substituents is 1. The molecule has 2 N–H and O–H groups in total. The van der Waals surface area contributed by atoms with Crippen molar-refractivity contribution in [2.45, 2.75) is 6.54 Å². The maximum absolute atomic E-state index is 12.0. The molecule has 0 heterocycles. The molecule has 0 aliphatic rings. The zero-order chi connectivity index (χ0) is 18.1. The minimum atomic E-state index is -0.475. The van der Waals surface area contributed by atoms with E-state index in [0.29, 0.717) is 12.1 Å². The van der Waals surface area contributed by atoms with Gasteiger partial charge in [0.1, 0.15) is 23.1 Å². The molecule has 0 atom stereocenters. The topological polar surface area (TPSA) is 103 Å². The van der Waals surface area contributed by atoms with E-state index in [4.69, 9.17) is 5.26 Å². The number of amides is 1. The van der Waals surface area contributed by atoms with E-state index in [-0.39, 0.29) is 17.0 Å². The first kappa shape index (κ1) is 17.6. The van der Waals surface area contributed by atoms with Crippen molar-refractivity contribution in [3.8, 4) is 11.8 Å². The molecule has 0 bridgehead atoms. The summed E-state index contributed by atoms with van der Waals surface area (Å²) in [4.78, 5) is 22.6. The van der Waals surface area contributed by atoms with Crippen LogP contribution in [-0.2, 0) is 11.3 Å². The molecular formula is C19H15N3O3.